The van der Waals surface area contributed by atoms with Crippen LogP contribution in [0.15, 0.2) is 18.9 Å². The number of allylic oxidation sites excluding steroid dienone is 1. The van der Waals surface area contributed by atoms with Gasteiger partial charge in [0.25, 0.3) is 0 Å². The molecule has 2 rings (SSSR count). The number of aryl methyl sites for hydroxylation is 1. The molecule has 0 atom stereocenters. The van der Waals surface area contributed by atoms with Gasteiger partial charge in [-0.25, -0.2) is 4.98 Å². The van der Waals surface area contributed by atoms with Crippen LogP contribution in [0.2, 0.25) is 0 Å². The van der Waals surface area contributed by atoms with E-state index < -0.39 is 0 Å². The van der Waals surface area contributed by atoms with Crippen molar-refractivity contribution in [2.24, 2.45) is 5.92 Å². The Morgan fingerprint density at radius 1 is 1.47 bits per heavy atom. The Bertz CT molecular complexity index is 402. The third-order valence-corrected chi connectivity index (χ3v) is 3.90. The molecule has 1 aromatic rings. The monoisotopic (exact) mass is 262 g/mol. The Hall–Kier alpha value is -1.29. The molecule has 4 nitrogen and oxygen atoms in total. The third kappa shape index (κ3) is 4.10. The van der Waals surface area contributed by atoms with E-state index in [0.29, 0.717) is 0 Å². The summed E-state index contributed by atoms with van der Waals surface area (Å²) in [6.07, 6.45) is 7.88. The maximum Gasteiger partial charge on any atom is 0.203 e. The van der Waals surface area contributed by atoms with Crippen molar-refractivity contribution in [3.8, 4) is 0 Å². The van der Waals surface area contributed by atoms with Crippen LogP contribution in [0, 0.1) is 12.8 Å². The molecule has 1 N–H and O–H groups in total. The molecule has 1 fully saturated rings. The zero-order valence-corrected chi connectivity index (χ0v) is 12.2. The van der Waals surface area contributed by atoms with Gasteiger partial charge in [0.15, 0.2) is 0 Å². The summed E-state index contributed by atoms with van der Waals surface area (Å²) in [7, 11) is 2.21. The molecule has 1 saturated heterocycles. The maximum absolute atomic E-state index is 4.52. The first-order valence-corrected chi connectivity index (χ1v) is 7.26. The second kappa shape index (κ2) is 6.75. The minimum absolute atomic E-state index is 0.817. The van der Waals surface area contributed by atoms with Gasteiger partial charge in [0, 0.05) is 19.3 Å². The first-order chi connectivity index (χ1) is 9.19. The van der Waals surface area contributed by atoms with E-state index in [-0.39, 0.29) is 0 Å². The van der Waals surface area contributed by atoms with Crippen molar-refractivity contribution in [1.82, 2.24) is 14.5 Å². The largest absolute Gasteiger partial charge is 0.356 e. The summed E-state index contributed by atoms with van der Waals surface area (Å²) in [5.41, 5.74) is 1.06. The standard InChI is InChI=1S/C15H26N4/c1-4-9-19-12-13(2)17-15(19)16-8-5-14-6-10-18(3)11-7-14/h4,12,14H,1,5-11H2,2-3H3,(H,16,17). The molecule has 19 heavy (non-hydrogen) atoms. The predicted molar refractivity (Wildman–Crippen MR) is 80.5 cm³/mol. The van der Waals surface area contributed by atoms with Crippen LogP contribution in [0.4, 0.5) is 5.95 Å². The Morgan fingerprint density at radius 3 is 2.89 bits per heavy atom. The normalized spacial score (nSPS) is 17.6. The molecule has 1 aliphatic heterocycles. The molecule has 0 spiro atoms. The molecule has 0 aromatic carbocycles. The summed E-state index contributed by atoms with van der Waals surface area (Å²) in [5.74, 6) is 1.85. The molecule has 106 valence electrons. The van der Waals surface area contributed by atoms with Crippen molar-refractivity contribution in [3.63, 3.8) is 0 Å². The third-order valence-electron chi connectivity index (χ3n) is 3.90. The van der Waals surface area contributed by atoms with E-state index in [2.05, 4.69) is 39.6 Å². The Kier molecular flexibility index (Phi) is 5.02. The van der Waals surface area contributed by atoms with E-state index in [1.807, 2.05) is 13.0 Å². The molecule has 2 heterocycles. The first kappa shape index (κ1) is 14.1. The fraction of sp³-hybridized carbons (Fsp3) is 0.667. The first-order valence-electron chi connectivity index (χ1n) is 7.26. The second-order valence-electron chi connectivity index (χ2n) is 5.61. The van der Waals surface area contributed by atoms with Gasteiger partial charge in [0.1, 0.15) is 0 Å². The van der Waals surface area contributed by atoms with Crippen LogP contribution in [0.5, 0.6) is 0 Å². The lowest BCUT2D eigenvalue weighted by atomic mass is 9.94. The molecular weight excluding hydrogens is 236 g/mol. The Morgan fingerprint density at radius 2 is 2.21 bits per heavy atom. The number of rotatable bonds is 6. The Labute approximate surface area is 116 Å². The van der Waals surface area contributed by atoms with Crippen molar-refractivity contribution in [2.45, 2.75) is 32.7 Å². The number of likely N-dealkylation sites (tertiary alicyclic amines) is 1. The summed E-state index contributed by atoms with van der Waals surface area (Å²) in [4.78, 5) is 6.94. The quantitative estimate of drug-likeness (QED) is 0.800. The molecule has 0 radical (unpaired) electrons. The molecule has 4 heteroatoms. The van der Waals surface area contributed by atoms with E-state index in [1.54, 1.807) is 0 Å². The van der Waals surface area contributed by atoms with Crippen molar-refractivity contribution in [2.75, 3.05) is 32.0 Å². The van der Waals surface area contributed by atoms with Crippen molar-refractivity contribution in [1.29, 1.82) is 0 Å². The highest BCUT2D eigenvalue weighted by molar-refractivity contribution is 5.29. The van der Waals surface area contributed by atoms with Gasteiger partial charge in [0.05, 0.1) is 5.69 Å². The van der Waals surface area contributed by atoms with Gasteiger partial charge < -0.3 is 14.8 Å². The Balaban J connectivity index is 1.77. The van der Waals surface area contributed by atoms with Crippen LogP contribution in [0.1, 0.15) is 25.0 Å². The van der Waals surface area contributed by atoms with Gasteiger partial charge in [0.2, 0.25) is 5.95 Å². The molecule has 1 aromatic heterocycles. The highest BCUT2D eigenvalue weighted by atomic mass is 15.2. The van der Waals surface area contributed by atoms with E-state index in [0.717, 1.165) is 30.6 Å². The molecule has 0 aliphatic carbocycles. The zero-order chi connectivity index (χ0) is 13.7. The average Bonchev–Trinajstić information content (AvgIpc) is 2.73. The maximum atomic E-state index is 4.52. The summed E-state index contributed by atoms with van der Waals surface area (Å²) >= 11 is 0. The van der Waals surface area contributed by atoms with Gasteiger partial charge in [-0.05, 0) is 52.2 Å². The summed E-state index contributed by atoms with van der Waals surface area (Å²) in [6.45, 7) is 10.1. The van der Waals surface area contributed by atoms with Crippen LogP contribution < -0.4 is 5.32 Å². The van der Waals surface area contributed by atoms with Crippen LogP contribution in [0.3, 0.4) is 0 Å². The van der Waals surface area contributed by atoms with Gasteiger partial charge in [-0.1, -0.05) is 6.08 Å². The van der Waals surface area contributed by atoms with E-state index in [1.165, 1.54) is 32.4 Å². The van der Waals surface area contributed by atoms with Crippen LogP contribution in [0.25, 0.3) is 0 Å². The highest BCUT2D eigenvalue weighted by Gasteiger charge is 2.16. The average molecular weight is 262 g/mol. The lowest BCUT2D eigenvalue weighted by Crippen LogP contribution is -2.31. The number of aromatic nitrogens is 2. The smallest absolute Gasteiger partial charge is 0.203 e. The minimum atomic E-state index is 0.817. The summed E-state index contributed by atoms with van der Waals surface area (Å²) < 4.78 is 2.12. The molecule has 1 aliphatic rings. The fourth-order valence-corrected chi connectivity index (χ4v) is 2.70. The number of hydrogen-bond acceptors (Lipinski definition) is 3. The lowest BCUT2D eigenvalue weighted by Gasteiger charge is -2.28. The zero-order valence-electron chi connectivity index (χ0n) is 12.2. The second-order valence-corrected chi connectivity index (χ2v) is 5.61. The number of piperidine rings is 1. The molecular formula is C15H26N4. The minimum Gasteiger partial charge on any atom is -0.356 e. The topological polar surface area (TPSA) is 33.1 Å². The molecule has 0 amide bonds. The SMILES string of the molecule is C=CCn1cc(C)nc1NCCC1CCN(C)CC1. The van der Waals surface area contributed by atoms with Gasteiger partial charge in [-0.3, -0.25) is 0 Å². The van der Waals surface area contributed by atoms with Crippen LogP contribution in [-0.4, -0.2) is 41.1 Å². The summed E-state index contributed by atoms with van der Waals surface area (Å²) in [5, 5.41) is 3.47. The van der Waals surface area contributed by atoms with Crippen molar-refractivity contribution >= 4 is 5.95 Å². The van der Waals surface area contributed by atoms with Crippen LogP contribution >= 0.6 is 0 Å². The molecule has 0 unspecified atom stereocenters. The highest BCUT2D eigenvalue weighted by Crippen LogP contribution is 2.19. The predicted octanol–water partition coefficient (Wildman–Crippen LogP) is 2.52. The number of nitrogens with one attached hydrogen (secondary N) is 1. The van der Waals surface area contributed by atoms with Gasteiger partial charge in [-0.15, -0.1) is 6.58 Å². The van der Waals surface area contributed by atoms with Gasteiger partial charge >= 0.3 is 0 Å². The number of imidazole rings is 1. The molecule has 0 saturated carbocycles. The van der Waals surface area contributed by atoms with Crippen molar-refractivity contribution in [3.05, 3.63) is 24.5 Å². The number of hydrogen-bond donors (Lipinski definition) is 1. The van der Waals surface area contributed by atoms with Gasteiger partial charge in [-0.2, -0.15) is 0 Å². The lowest BCUT2D eigenvalue weighted by molar-refractivity contribution is 0.215. The van der Waals surface area contributed by atoms with E-state index in [4.69, 9.17) is 0 Å². The number of nitrogens with zero attached hydrogens (tertiary/aromatic N) is 3. The number of anilines is 1. The fourth-order valence-electron chi connectivity index (χ4n) is 2.70. The van der Waals surface area contributed by atoms with Crippen LogP contribution in [-0.2, 0) is 6.54 Å². The van der Waals surface area contributed by atoms with Crippen molar-refractivity contribution < 1.29 is 0 Å². The van der Waals surface area contributed by atoms with E-state index in [9.17, 15) is 0 Å². The molecule has 0 bridgehead atoms. The summed E-state index contributed by atoms with van der Waals surface area (Å²) in [6, 6.07) is 0. The van der Waals surface area contributed by atoms with E-state index >= 15 is 0 Å².